The lowest BCUT2D eigenvalue weighted by atomic mass is 9.98. The molecule has 1 rings (SSSR count). The van der Waals surface area contributed by atoms with Gasteiger partial charge in [0.2, 0.25) is 0 Å². The van der Waals surface area contributed by atoms with Crippen LogP contribution in [0.5, 0.6) is 0 Å². The van der Waals surface area contributed by atoms with Crippen molar-refractivity contribution in [1.82, 2.24) is 10.2 Å². The van der Waals surface area contributed by atoms with E-state index in [9.17, 15) is 0 Å². The highest BCUT2D eigenvalue weighted by molar-refractivity contribution is 4.77. The first-order valence-corrected chi connectivity index (χ1v) is 8.61. The predicted octanol–water partition coefficient (Wildman–Crippen LogP) is 4.06. The lowest BCUT2D eigenvalue weighted by Crippen LogP contribution is -2.44. The van der Waals surface area contributed by atoms with Gasteiger partial charge in [-0.05, 0) is 51.5 Å². The van der Waals surface area contributed by atoms with Crippen LogP contribution in [0.2, 0.25) is 0 Å². The summed E-state index contributed by atoms with van der Waals surface area (Å²) in [7, 11) is 0. The Morgan fingerprint density at radius 1 is 1.16 bits per heavy atom. The number of piperidine rings is 1. The van der Waals surface area contributed by atoms with Crippen molar-refractivity contribution < 1.29 is 0 Å². The summed E-state index contributed by atoms with van der Waals surface area (Å²) in [6.45, 7) is 13.0. The summed E-state index contributed by atoms with van der Waals surface area (Å²) in [5.41, 5.74) is 0. The van der Waals surface area contributed by atoms with Gasteiger partial charge in [-0.1, -0.05) is 33.6 Å². The van der Waals surface area contributed by atoms with Gasteiger partial charge in [0.25, 0.3) is 0 Å². The minimum absolute atomic E-state index is 0.678. The highest BCUT2D eigenvalue weighted by Gasteiger charge is 2.20. The van der Waals surface area contributed by atoms with Crippen LogP contribution in [-0.4, -0.2) is 36.6 Å². The van der Waals surface area contributed by atoms with Crippen LogP contribution in [0.25, 0.3) is 0 Å². The molecule has 0 aromatic carbocycles. The van der Waals surface area contributed by atoms with Crippen LogP contribution in [0.1, 0.15) is 72.6 Å². The molecule has 1 aliphatic heterocycles. The Bertz CT molecular complexity index is 213. The Kier molecular flexibility index (Phi) is 8.72. The average molecular weight is 268 g/mol. The summed E-state index contributed by atoms with van der Waals surface area (Å²) in [5, 5.41) is 3.71. The van der Waals surface area contributed by atoms with E-state index < -0.39 is 0 Å². The van der Waals surface area contributed by atoms with Gasteiger partial charge in [-0.15, -0.1) is 0 Å². The van der Waals surface area contributed by atoms with E-state index in [1.165, 1.54) is 64.6 Å². The molecule has 2 atom stereocenters. The van der Waals surface area contributed by atoms with Crippen LogP contribution in [0.3, 0.4) is 0 Å². The first-order valence-electron chi connectivity index (χ1n) is 8.61. The molecule has 1 saturated heterocycles. The zero-order valence-electron chi connectivity index (χ0n) is 13.8. The molecular formula is C17H36N2. The van der Waals surface area contributed by atoms with Crippen molar-refractivity contribution in [2.75, 3.05) is 19.6 Å². The minimum Gasteiger partial charge on any atom is -0.313 e. The molecule has 2 nitrogen and oxygen atoms in total. The molecular weight excluding hydrogens is 232 g/mol. The van der Waals surface area contributed by atoms with E-state index in [-0.39, 0.29) is 0 Å². The molecule has 0 spiro atoms. The number of rotatable bonds is 9. The zero-order valence-corrected chi connectivity index (χ0v) is 13.8. The summed E-state index contributed by atoms with van der Waals surface area (Å²) in [4.78, 5) is 2.73. The molecule has 0 bridgehead atoms. The van der Waals surface area contributed by atoms with E-state index >= 15 is 0 Å². The molecule has 0 aromatic rings. The van der Waals surface area contributed by atoms with E-state index in [1.807, 2.05) is 0 Å². The maximum absolute atomic E-state index is 3.71. The van der Waals surface area contributed by atoms with Crippen LogP contribution in [0.15, 0.2) is 0 Å². The zero-order chi connectivity index (χ0) is 14.1. The van der Waals surface area contributed by atoms with Gasteiger partial charge in [0.1, 0.15) is 0 Å². The number of hydrogen-bond donors (Lipinski definition) is 1. The van der Waals surface area contributed by atoms with Crippen molar-refractivity contribution in [3.05, 3.63) is 0 Å². The highest BCUT2D eigenvalue weighted by atomic mass is 15.2. The van der Waals surface area contributed by atoms with Gasteiger partial charge >= 0.3 is 0 Å². The van der Waals surface area contributed by atoms with Crippen LogP contribution in [0.4, 0.5) is 0 Å². The molecule has 19 heavy (non-hydrogen) atoms. The van der Waals surface area contributed by atoms with Gasteiger partial charge in [0.05, 0.1) is 0 Å². The number of nitrogens with one attached hydrogen (secondary N) is 1. The molecule has 0 saturated carbocycles. The van der Waals surface area contributed by atoms with E-state index in [2.05, 4.69) is 37.9 Å². The van der Waals surface area contributed by atoms with Crippen molar-refractivity contribution in [3.8, 4) is 0 Å². The second kappa shape index (κ2) is 9.77. The van der Waals surface area contributed by atoms with E-state index in [1.54, 1.807) is 0 Å². The van der Waals surface area contributed by atoms with Crippen molar-refractivity contribution in [3.63, 3.8) is 0 Å². The van der Waals surface area contributed by atoms with Gasteiger partial charge in [0.15, 0.2) is 0 Å². The fraction of sp³-hybridized carbons (Fsp3) is 1.00. The highest BCUT2D eigenvalue weighted by Crippen LogP contribution is 2.20. The minimum atomic E-state index is 0.678. The van der Waals surface area contributed by atoms with Gasteiger partial charge in [-0.25, -0.2) is 0 Å². The van der Waals surface area contributed by atoms with Crippen molar-refractivity contribution in [2.45, 2.75) is 84.7 Å². The molecule has 0 aromatic heterocycles. The third-order valence-electron chi connectivity index (χ3n) is 4.44. The Hall–Kier alpha value is -0.0800. The monoisotopic (exact) mass is 268 g/mol. The van der Waals surface area contributed by atoms with Crippen molar-refractivity contribution >= 4 is 0 Å². The second-order valence-electron chi connectivity index (χ2n) is 6.80. The fourth-order valence-corrected chi connectivity index (χ4v) is 3.15. The maximum atomic E-state index is 3.71. The lowest BCUT2D eigenvalue weighted by Gasteiger charge is -2.36. The molecule has 1 N–H and O–H groups in total. The molecule has 0 radical (unpaired) electrons. The van der Waals surface area contributed by atoms with Crippen LogP contribution in [-0.2, 0) is 0 Å². The first-order chi connectivity index (χ1) is 9.13. The molecule has 2 unspecified atom stereocenters. The summed E-state index contributed by atoms with van der Waals surface area (Å²) in [6.07, 6.45) is 9.66. The molecule has 2 heteroatoms. The standard InChI is InChI=1S/C17H36N2/c1-5-8-17-9-6-7-13-19(17)14-12-18-16(4)11-10-15(2)3/h15-18H,5-14H2,1-4H3. The fourth-order valence-electron chi connectivity index (χ4n) is 3.15. The number of likely N-dealkylation sites (tertiary alicyclic amines) is 1. The second-order valence-corrected chi connectivity index (χ2v) is 6.80. The largest absolute Gasteiger partial charge is 0.313 e. The van der Waals surface area contributed by atoms with Gasteiger partial charge < -0.3 is 5.32 Å². The quantitative estimate of drug-likeness (QED) is 0.678. The Morgan fingerprint density at radius 3 is 2.63 bits per heavy atom. The van der Waals surface area contributed by atoms with E-state index in [0.717, 1.165) is 12.0 Å². The normalized spacial score (nSPS) is 22.9. The van der Waals surface area contributed by atoms with E-state index in [0.29, 0.717) is 6.04 Å². The Balaban J connectivity index is 2.15. The summed E-state index contributed by atoms with van der Waals surface area (Å²) < 4.78 is 0. The molecule has 114 valence electrons. The first kappa shape index (κ1) is 17.0. The van der Waals surface area contributed by atoms with Crippen LogP contribution >= 0.6 is 0 Å². The van der Waals surface area contributed by atoms with E-state index in [4.69, 9.17) is 0 Å². The molecule has 1 heterocycles. The van der Waals surface area contributed by atoms with Crippen LogP contribution in [0, 0.1) is 5.92 Å². The molecule has 1 aliphatic rings. The number of hydrogen-bond acceptors (Lipinski definition) is 2. The molecule has 0 amide bonds. The Labute approximate surface area is 121 Å². The topological polar surface area (TPSA) is 15.3 Å². The summed E-state index contributed by atoms with van der Waals surface area (Å²) >= 11 is 0. The van der Waals surface area contributed by atoms with Gasteiger partial charge in [-0.2, -0.15) is 0 Å². The molecule has 1 fully saturated rings. The smallest absolute Gasteiger partial charge is 0.0110 e. The maximum Gasteiger partial charge on any atom is 0.0110 e. The third kappa shape index (κ3) is 7.31. The van der Waals surface area contributed by atoms with Crippen molar-refractivity contribution in [1.29, 1.82) is 0 Å². The van der Waals surface area contributed by atoms with Gasteiger partial charge in [0, 0.05) is 25.2 Å². The average Bonchev–Trinajstić information content (AvgIpc) is 2.39. The lowest BCUT2D eigenvalue weighted by molar-refractivity contribution is 0.139. The molecule has 0 aliphatic carbocycles. The van der Waals surface area contributed by atoms with Crippen molar-refractivity contribution in [2.24, 2.45) is 5.92 Å². The van der Waals surface area contributed by atoms with Crippen LogP contribution < -0.4 is 5.32 Å². The summed E-state index contributed by atoms with van der Waals surface area (Å²) in [5.74, 6) is 0.834. The predicted molar refractivity (Wildman–Crippen MR) is 85.7 cm³/mol. The SMILES string of the molecule is CCCC1CCCCN1CCNC(C)CCC(C)C. The number of nitrogens with zero attached hydrogens (tertiary/aromatic N) is 1. The summed E-state index contributed by atoms with van der Waals surface area (Å²) in [6, 6.07) is 1.54. The van der Waals surface area contributed by atoms with Gasteiger partial charge in [-0.3, -0.25) is 4.90 Å². The third-order valence-corrected chi connectivity index (χ3v) is 4.44. The Morgan fingerprint density at radius 2 is 1.95 bits per heavy atom.